The number of nitrogens with zero attached hydrogens (tertiary/aromatic N) is 2. The third-order valence-corrected chi connectivity index (χ3v) is 5.91. The summed E-state index contributed by atoms with van der Waals surface area (Å²) in [5.41, 5.74) is 0. The minimum atomic E-state index is -3.59. The number of carboxylic acids is 1. The second-order valence-electron chi connectivity index (χ2n) is 4.15. The average Bonchev–Trinajstić information content (AvgIpc) is 2.76. The number of ether oxygens (including phenoxy) is 1. The van der Waals surface area contributed by atoms with Gasteiger partial charge in [0.2, 0.25) is 0 Å². The van der Waals surface area contributed by atoms with Crippen LogP contribution in [0.1, 0.15) is 11.4 Å². The molecule has 1 aromatic heterocycles. The van der Waals surface area contributed by atoms with E-state index in [1.54, 1.807) is 6.92 Å². The van der Waals surface area contributed by atoms with Crippen molar-refractivity contribution in [2.24, 2.45) is 0 Å². The lowest BCUT2D eigenvalue weighted by atomic mass is 10.2. The molecule has 7 nitrogen and oxygen atoms in total. The summed E-state index contributed by atoms with van der Waals surface area (Å²) in [7, 11) is -3.59. The third-order valence-electron chi connectivity index (χ3n) is 2.70. The Hall–Kier alpha value is -1.03. The van der Waals surface area contributed by atoms with E-state index in [9.17, 15) is 13.2 Å². The molecule has 1 N–H and O–H groups in total. The zero-order chi connectivity index (χ0) is 14.0. The number of hydrogen-bond donors (Lipinski definition) is 1. The number of aliphatic carboxylic acids is 1. The molecule has 1 saturated heterocycles. The van der Waals surface area contributed by atoms with Crippen molar-refractivity contribution in [3.05, 3.63) is 11.2 Å². The number of morpholine rings is 1. The topological polar surface area (TPSA) is 96.8 Å². The van der Waals surface area contributed by atoms with Crippen molar-refractivity contribution < 1.29 is 23.1 Å². The standard InChI is InChI=1S/C10H14N2O5S2/c1-7-11-5-10(18-7)19(15,16)12-2-3-17-8(6-12)4-9(13)14/h5,8H,2-4,6H2,1H3,(H,13,14). The second kappa shape index (κ2) is 5.53. The Morgan fingerprint density at radius 1 is 1.68 bits per heavy atom. The van der Waals surface area contributed by atoms with Gasteiger partial charge < -0.3 is 9.84 Å². The first kappa shape index (κ1) is 14.4. The first-order valence-corrected chi connectivity index (χ1v) is 7.91. The van der Waals surface area contributed by atoms with Crippen LogP contribution in [0.5, 0.6) is 0 Å². The zero-order valence-corrected chi connectivity index (χ0v) is 11.9. The summed E-state index contributed by atoms with van der Waals surface area (Å²) in [6.07, 6.45) is 0.528. The molecule has 0 radical (unpaired) electrons. The van der Waals surface area contributed by atoms with E-state index < -0.39 is 22.1 Å². The Morgan fingerprint density at radius 3 is 3.00 bits per heavy atom. The van der Waals surface area contributed by atoms with Crippen LogP contribution in [0.25, 0.3) is 0 Å². The highest BCUT2D eigenvalue weighted by molar-refractivity contribution is 7.91. The molecule has 1 unspecified atom stereocenters. The summed E-state index contributed by atoms with van der Waals surface area (Å²) in [5.74, 6) is -1.00. The lowest BCUT2D eigenvalue weighted by molar-refractivity contribution is -0.141. The van der Waals surface area contributed by atoms with Gasteiger partial charge in [0, 0.05) is 13.1 Å². The highest BCUT2D eigenvalue weighted by atomic mass is 32.2. The van der Waals surface area contributed by atoms with E-state index in [1.165, 1.54) is 10.5 Å². The maximum absolute atomic E-state index is 12.3. The molecule has 0 bridgehead atoms. The zero-order valence-electron chi connectivity index (χ0n) is 10.3. The maximum Gasteiger partial charge on any atom is 0.306 e. The predicted octanol–water partition coefficient (Wildman–Crippen LogP) is 0.316. The van der Waals surface area contributed by atoms with Gasteiger partial charge >= 0.3 is 5.97 Å². The molecule has 0 aliphatic carbocycles. The number of carboxylic acid groups (broad SMARTS) is 1. The summed E-state index contributed by atoms with van der Waals surface area (Å²) in [4.78, 5) is 14.6. The molecular weight excluding hydrogens is 292 g/mol. The smallest absolute Gasteiger partial charge is 0.306 e. The Morgan fingerprint density at radius 2 is 2.42 bits per heavy atom. The van der Waals surface area contributed by atoms with Crippen LogP contribution in [0.3, 0.4) is 0 Å². The highest BCUT2D eigenvalue weighted by Gasteiger charge is 2.32. The first-order valence-electron chi connectivity index (χ1n) is 5.65. The van der Waals surface area contributed by atoms with E-state index in [-0.39, 0.29) is 30.3 Å². The molecule has 1 aliphatic rings. The lowest BCUT2D eigenvalue weighted by Crippen LogP contribution is -2.46. The first-order chi connectivity index (χ1) is 8.89. The van der Waals surface area contributed by atoms with Crippen LogP contribution < -0.4 is 0 Å². The van der Waals surface area contributed by atoms with Crippen molar-refractivity contribution in [1.29, 1.82) is 0 Å². The normalized spacial score (nSPS) is 21.4. The largest absolute Gasteiger partial charge is 0.481 e. The molecule has 9 heteroatoms. The van der Waals surface area contributed by atoms with Crippen LogP contribution in [0.15, 0.2) is 10.4 Å². The van der Waals surface area contributed by atoms with Crippen molar-refractivity contribution in [3.8, 4) is 0 Å². The molecule has 0 spiro atoms. The Kier molecular flexibility index (Phi) is 4.19. The van der Waals surface area contributed by atoms with E-state index in [4.69, 9.17) is 9.84 Å². The number of aromatic nitrogens is 1. The monoisotopic (exact) mass is 306 g/mol. The van der Waals surface area contributed by atoms with Gasteiger partial charge in [-0.15, -0.1) is 11.3 Å². The average molecular weight is 306 g/mol. The van der Waals surface area contributed by atoms with Crippen LogP contribution in [0.4, 0.5) is 0 Å². The Balaban J connectivity index is 2.14. The number of rotatable bonds is 4. The van der Waals surface area contributed by atoms with E-state index in [2.05, 4.69) is 4.98 Å². The molecule has 1 fully saturated rings. The van der Waals surface area contributed by atoms with E-state index in [0.29, 0.717) is 5.01 Å². The number of carbonyl (C=O) groups is 1. The minimum Gasteiger partial charge on any atom is -0.481 e. The summed E-state index contributed by atoms with van der Waals surface area (Å²) in [6.45, 7) is 2.23. The highest BCUT2D eigenvalue weighted by Crippen LogP contribution is 2.24. The SMILES string of the molecule is Cc1ncc(S(=O)(=O)N2CCOC(CC(=O)O)C2)s1. The number of thiazole rings is 1. The molecule has 1 aromatic rings. The quantitative estimate of drug-likeness (QED) is 0.860. The van der Waals surface area contributed by atoms with Gasteiger partial charge in [-0.05, 0) is 6.92 Å². The summed E-state index contributed by atoms with van der Waals surface area (Å²) in [6, 6.07) is 0. The molecule has 0 amide bonds. The molecule has 1 aliphatic heterocycles. The van der Waals surface area contributed by atoms with Gasteiger partial charge in [0.15, 0.2) is 4.21 Å². The third kappa shape index (κ3) is 3.30. The van der Waals surface area contributed by atoms with Crippen LogP contribution in [0, 0.1) is 6.92 Å². The maximum atomic E-state index is 12.3. The molecule has 1 atom stereocenters. The summed E-state index contributed by atoms with van der Waals surface area (Å²) in [5, 5.41) is 9.39. The molecule has 19 heavy (non-hydrogen) atoms. The van der Waals surface area contributed by atoms with Gasteiger partial charge in [-0.3, -0.25) is 4.79 Å². The fourth-order valence-corrected chi connectivity index (χ4v) is 4.54. The van der Waals surface area contributed by atoms with Crippen LogP contribution in [-0.2, 0) is 19.6 Å². The summed E-state index contributed by atoms with van der Waals surface area (Å²) >= 11 is 1.11. The van der Waals surface area contributed by atoms with Gasteiger partial charge in [-0.25, -0.2) is 13.4 Å². The van der Waals surface area contributed by atoms with E-state index >= 15 is 0 Å². The fraction of sp³-hybridized carbons (Fsp3) is 0.600. The van der Waals surface area contributed by atoms with Crippen LogP contribution in [-0.4, -0.2) is 54.6 Å². The van der Waals surface area contributed by atoms with Gasteiger partial charge in [0.25, 0.3) is 10.0 Å². The van der Waals surface area contributed by atoms with Crippen molar-refractivity contribution in [3.63, 3.8) is 0 Å². The molecular formula is C10H14N2O5S2. The number of hydrogen-bond acceptors (Lipinski definition) is 6. The van der Waals surface area contributed by atoms with Crippen molar-refractivity contribution in [2.75, 3.05) is 19.7 Å². The lowest BCUT2D eigenvalue weighted by Gasteiger charge is -2.30. The number of aryl methyl sites for hydroxylation is 1. The van der Waals surface area contributed by atoms with E-state index in [0.717, 1.165) is 11.3 Å². The molecule has 2 rings (SSSR count). The van der Waals surface area contributed by atoms with Gasteiger partial charge in [0.05, 0.1) is 30.3 Å². The predicted molar refractivity (Wildman–Crippen MR) is 67.6 cm³/mol. The second-order valence-corrected chi connectivity index (χ2v) is 7.55. The number of sulfonamides is 1. The van der Waals surface area contributed by atoms with Crippen molar-refractivity contribution in [1.82, 2.24) is 9.29 Å². The minimum absolute atomic E-state index is 0.0611. The fourth-order valence-electron chi connectivity index (χ4n) is 1.82. The van der Waals surface area contributed by atoms with Gasteiger partial charge in [-0.2, -0.15) is 4.31 Å². The van der Waals surface area contributed by atoms with E-state index in [1.807, 2.05) is 0 Å². The molecule has 0 saturated carbocycles. The molecule has 2 heterocycles. The van der Waals surface area contributed by atoms with Crippen molar-refractivity contribution >= 4 is 27.3 Å². The Bertz CT molecular complexity index is 568. The summed E-state index contributed by atoms with van der Waals surface area (Å²) < 4.78 is 31.3. The van der Waals surface area contributed by atoms with Crippen LogP contribution >= 0.6 is 11.3 Å². The van der Waals surface area contributed by atoms with Crippen molar-refractivity contribution in [2.45, 2.75) is 23.7 Å². The molecule has 106 valence electrons. The van der Waals surface area contributed by atoms with Gasteiger partial charge in [0.1, 0.15) is 0 Å². The van der Waals surface area contributed by atoms with Gasteiger partial charge in [-0.1, -0.05) is 0 Å². The van der Waals surface area contributed by atoms with Crippen LogP contribution in [0.2, 0.25) is 0 Å². The Labute approximate surface area is 114 Å². The molecule has 0 aromatic carbocycles.